The molecule has 2 N–H and O–H groups in total. The number of morpholine rings is 1. The van der Waals surface area contributed by atoms with Crippen LogP contribution in [0, 0.1) is 0 Å². The number of benzene rings is 1. The third-order valence-corrected chi connectivity index (χ3v) is 5.84. The maximum absolute atomic E-state index is 12.5. The molecule has 2 aromatic rings. The molecule has 7 nitrogen and oxygen atoms in total. The summed E-state index contributed by atoms with van der Waals surface area (Å²) >= 11 is 0. The first-order valence-electron chi connectivity index (χ1n) is 10.0. The van der Waals surface area contributed by atoms with Crippen molar-refractivity contribution in [3.63, 3.8) is 0 Å². The van der Waals surface area contributed by atoms with Gasteiger partial charge in [-0.1, -0.05) is 0 Å². The number of nitrogens with one attached hydrogen (secondary N) is 2. The van der Waals surface area contributed by atoms with Crippen LogP contribution in [0.3, 0.4) is 0 Å². The van der Waals surface area contributed by atoms with E-state index in [0.717, 1.165) is 31.8 Å². The van der Waals surface area contributed by atoms with E-state index in [1.165, 1.54) is 6.42 Å². The van der Waals surface area contributed by atoms with Crippen LogP contribution in [0.2, 0.25) is 0 Å². The van der Waals surface area contributed by atoms with Crippen molar-refractivity contribution in [2.24, 2.45) is 0 Å². The molecular formula is C21H25N3O4. The third-order valence-electron chi connectivity index (χ3n) is 5.84. The lowest BCUT2D eigenvalue weighted by Gasteiger charge is -2.25. The van der Waals surface area contributed by atoms with Gasteiger partial charge in [-0.3, -0.25) is 4.79 Å². The number of anilines is 1. The van der Waals surface area contributed by atoms with Gasteiger partial charge in [0, 0.05) is 48.9 Å². The van der Waals surface area contributed by atoms with E-state index in [0.29, 0.717) is 42.6 Å². The van der Waals surface area contributed by atoms with Crippen molar-refractivity contribution in [2.75, 3.05) is 31.2 Å². The predicted molar refractivity (Wildman–Crippen MR) is 104 cm³/mol. The maximum Gasteiger partial charge on any atom is 0.291 e. The SMILES string of the molecule is O=C(NC1CC2CC[C@@H]1N2)c1ccc(Oc2ccc(N3CCOCC3)o2)cc1. The zero-order valence-corrected chi connectivity index (χ0v) is 15.7. The molecule has 28 heavy (non-hydrogen) atoms. The molecule has 2 bridgehead atoms. The average molecular weight is 383 g/mol. The Morgan fingerprint density at radius 2 is 1.93 bits per heavy atom. The summed E-state index contributed by atoms with van der Waals surface area (Å²) < 4.78 is 16.9. The van der Waals surface area contributed by atoms with Crippen molar-refractivity contribution in [3.05, 3.63) is 42.0 Å². The van der Waals surface area contributed by atoms with E-state index in [9.17, 15) is 4.79 Å². The summed E-state index contributed by atoms with van der Waals surface area (Å²) in [5.41, 5.74) is 0.642. The maximum atomic E-state index is 12.5. The Kier molecular flexibility index (Phi) is 4.70. The van der Waals surface area contributed by atoms with Crippen LogP contribution >= 0.6 is 0 Å². The zero-order valence-electron chi connectivity index (χ0n) is 15.7. The zero-order chi connectivity index (χ0) is 18.9. The molecule has 148 valence electrons. The fraction of sp³-hybridized carbons (Fsp3) is 0.476. The average Bonchev–Trinajstić information content (AvgIpc) is 3.46. The van der Waals surface area contributed by atoms with Gasteiger partial charge < -0.3 is 29.4 Å². The van der Waals surface area contributed by atoms with Gasteiger partial charge in [-0.2, -0.15) is 0 Å². The molecule has 7 heteroatoms. The van der Waals surface area contributed by atoms with Crippen molar-refractivity contribution in [2.45, 2.75) is 37.4 Å². The second kappa shape index (κ2) is 7.48. The molecule has 3 saturated heterocycles. The number of rotatable bonds is 5. The number of carbonyl (C=O) groups excluding carboxylic acids is 1. The largest absolute Gasteiger partial charge is 0.426 e. The van der Waals surface area contributed by atoms with E-state index in [-0.39, 0.29) is 11.9 Å². The Morgan fingerprint density at radius 1 is 1.11 bits per heavy atom. The van der Waals surface area contributed by atoms with E-state index >= 15 is 0 Å². The molecule has 3 atom stereocenters. The summed E-state index contributed by atoms with van der Waals surface area (Å²) in [6.07, 6.45) is 3.41. The van der Waals surface area contributed by atoms with Crippen molar-refractivity contribution in [1.29, 1.82) is 0 Å². The van der Waals surface area contributed by atoms with E-state index in [1.54, 1.807) is 24.3 Å². The van der Waals surface area contributed by atoms with Gasteiger partial charge in [-0.25, -0.2) is 0 Å². The standard InChI is InChI=1S/C21H25N3O4/c25-21(23-18-13-15-3-6-17(18)22-15)14-1-4-16(5-2-14)27-20-8-7-19(28-20)24-9-11-26-12-10-24/h1-2,4-5,7-8,15,17-18,22H,3,6,9-13H2,(H,23,25)/t15?,17-,18?/m0/s1. The van der Waals surface area contributed by atoms with Crippen molar-refractivity contribution in [3.8, 4) is 11.7 Å². The van der Waals surface area contributed by atoms with Gasteiger partial charge in [0.2, 0.25) is 0 Å². The number of hydrogen-bond donors (Lipinski definition) is 2. The molecule has 5 rings (SSSR count). The number of ether oxygens (including phenoxy) is 2. The molecule has 4 heterocycles. The van der Waals surface area contributed by atoms with Gasteiger partial charge in [0.1, 0.15) is 5.75 Å². The number of furan rings is 1. The lowest BCUT2D eigenvalue weighted by molar-refractivity contribution is 0.0931. The summed E-state index contributed by atoms with van der Waals surface area (Å²) in [4.78, 5) is 14.6. The van der Waals surface area contributed by atoms with Crippen LogP contribution in [0.25, 0.3) is 0 Å². The highest BCUT2D eigenvalue weighted by Crippen LogP contribution is 2.30. The monoisotopic (exact) mass is 383 g/mol. The van der Waals surface area contributed by atoms with Crippen molar-refractivity contribution < 1.29 is 18.7 Å². The molecule has 1 aromatic heterocycles. The van der Waals surface area contributed by atoms with Gasteiger partial charge in [0.25, 0.3) is 11.9 Å². The summed E-state index contributed by atoms with van der Waals surface area (Å²) in [5, 5.41) is 6.70. The van der Waals surface area contributed by atoms with Crippen molar-refractivity contribution >= 4 is 11.8 Å². The van der Waals surface area contributed by atoms with Gasteiger partial charge in [0.05, 0.1) is 13.2 Å². The van der Waals surface area contributed by atoms with E-state index in [2.05, 4.69) is 15.5 Å². The number of amides is 1. The van der Waals surface area contributed by atoms with Gasteiger partial charge in [-0.15, -0.1) is 0 Å². The molecule has 3 aliphatic rings. The summed E-state index contributed by atoms with van der Waals surface area (Å²) in [5.74, 6) is 1.83. The van der Waals surface area contributed by atoms with Crippen LogP contribution in [-0.2, 0) is 4.74 Å². The lowest BCUT2D eigenvalue weighted by atomic mass is 9.95. The lowest BCUT2D eigenvalue weighted by Crippen LogP contribution is -2.42. The second-order valence-electron chi connectivity index (χ2n) is 7.68. The first-order chi connectivity index (χ1) is 13.7. The van der Waals surface area contributed by atoms with E-state index < -0.39 is 0 Å². The van der Waals surface area contributed by atoms with E-state index in [1.807, 2.05) is 12.1 Å². The van der Waals surface area contributed by atoms with Gasteiger partial charge >= 0.3 is 0 Å². The van der Waals surface area contributed by atoms with Crippen LogP contribution < -0.4 is 20.3 Å². The second-order valence-corrected chi connectivity index (χ2v) is 7.68. The van der Waals surface area contributed by atoms with Crippen LogP contribution in [0.15, 0.2) is 40.8 Å². The molecule has 3 aliphatic heterocycles. The Labute approximate surface area is 164 Å². The highest BCUT2D eigenvalue weighted by atomic mass is 16.6. The number of nitrogens with zero attached hydrogens (tertiary/aromatic N) is 1. The fourth-order valence-corrected chi connectivity index (χ4v) is 4.34. The Bertz CT molecular complexity index is 828. The first kappa shape index (κ1) is 17.6. The molecule has 2 unspecified atom stereocenters. The molecule has 1 aromatic carbocycles. The summed E-state index contributed by atoms with van der Waals surface area (Å²) in [6.45, 7) is 3.04. The van der Waals surface area contributed by atoms with Crippen LogP contribution in [-0.4, -0.2) is 50.3 Å². The molecule has 0 radical (unpaired) electrons. The topological polar surface area (TPSA) is 76.0 Å². The predicted octanol–water partition coefficient (Wildman–Crippen LogP) is 2.53. The Balaban J connectivity index is 1.18. The molecule has 0 saturated carbocycles. The molecular weight excluding hydrogens is 358 g/mol. The van der Waals surface area contributed by atoms with Crippen LogP contribution in [0.4, 0.5) is 5.88 Å². The highest BCUT2D eigenvalue weighted by molar-refractivity contribution is 5.94. The molecule has 1 amide bonds. The summed E-state index contributed by atoms with van der Waals surface area (Å²) in [7, 11) is 0. The summed E-state index contributed by atoms with van der Waals surface area (Å²) in [6, 6.07) is 12.1. The minimum absolute atomic E-state index is 0.0292. The minimum atomic E-state index is -0.0292. The quantitative estimate of drug-likeness (QED) is 0.826. The fourth-order valence-electron chi connectivity index (χ4n) is 4.34. The Hall–Kier alpha value is -2.51. The number of hydrogen-bond acceptors (Lipinski definition) is 6. The van der Waals surface area contributed by atoms with Crippen LogP contribution in [0.5, 0.6) is 11.7 Å². The number of carbonyl (C=O) groups is 1. The first-order valence-corrected chi connectivity index (χ1v) is 10.0. The minimum Gasteiger partial charge on any atom is -0.426 e. The Morgan fingerprint density at radius 3 is 2.64 bits per heavy atom. The highest BCUT2D eigenvalue weighted by Gasteiger charge is 2.39. The third kappa shape index (κ3) is 3.59. The smallest absolute Gasteiger partial charge is 0.291 e. The van der Waals surface area contributed by atoms with E-state index in [4.69, 9.17) is 13.9 Å². The number of fused-ring (bicyclic) bond motifs is 2. The molecule has 3 fully saturated rings. The van der Waals surface area contributed by atoms with Gasteiger partial charge in [0.15, 0.2) is 5.88 Å². The normalized spacial score (nSPS) is 26.4. The molecule has 0 aliphatic carbocycles. The van der Waals surface area contributed by atoms with Crippen LogP contribution in [0.1, 0.15) is 29.6 Å². The molecule has 0 spiro atoms. The van der Waals surface area contributed by atoms with Crippen molar-refractivity contribution in [1.82, 2.24) is 10.6 Å². The van der Waals surface area contributed by atoms with Gasteiger partial charge in [-0.05, 0) is 43.5 Å².